The maximum atomic E-state index is 13.2. The predicted octanol–water partition coefficient (Wildman–Crippen LogP) is 2.89. The number of hydrogen-bond donors (Lipinski definition) is 1. The zero-order valence-electron chi connectivity index (χ0n) is 8.31. The van der Waals surface area contributed by atoms with Crippen molar-refractivity contribution in [2.45, 2.75) is 6.92 Å². The molecular weight excluding hydrogens is 261 g/mol. The molecule has 80 valence electrons. The van der Waals surface area contributed by atoms with Crippen molar-refractivity contribution in [2.24, 2.45) is 0 Å². The fraction of sp³-hybridized carbons (Fsp3) is 0.182. The van der Waals surface area contributed by atoms with Crippen LogP contribution in [0.15, 0.2) is 34.8 Å². The Hall–Kier alpha value is -1.16. The quantitative estimate of drug-likeness (QED) is 0.842. The molecule has 0 unspecified atom stereocenters. The Labute approximate surface area is 96.3 Å². The van der Waals surface area contributed by atoms with Gasteiger partial charge in [-0.3, -0.25) is 4.79 Å². The van der Waals surface area contributed by atoms with Gasteiger partial charge in [0.05, 0.1) is 5.56 Å². The highest BCUT2D eigenvalue weighted by Crippen LogP contribution is 2.15. The van der Waals surface area contributed by atoms with Gasteiger partial charge in [0, 0.05) is 11.0 Å². The summed E-state index contributed by atoms with van der Waals surface area (Å²) >= 11 is 3.18. The van der Waals surface area contributed by atoms with Gasteiger partial charge in [0.15, 0.2) is 0 Å². The monoisotopic (exact) mass is 271 g/mol. The van der Waals surface area contributed by atoms with Gasteiger partial charge < -0.3 is 5.32 Å². The first kappa shape index (κ1) is 11.9. The summed E-state index contributed by atoms with van der Waals surface area (Å²) in [6, 6.07) is 4.24. The highest BCUT2D eigenvalue weighted by molar-refractivity contribution is 9.10. The first-order valence-corrected chi connectivity index (χ1v) is 5.17. The normalized spacial score (nSPS) is 9.80. The van der Waals surface area contributed by atoms with E-state index in [0.717, 1.165) is 5.57 Å². The lowest BCUT2D eigenvalue weighted by molar-refractivity contribution is 0.0953. The molecule has 0 heterocycles. The minimum atomic E-state index is -0.530. The molecular formula is C11H11BrFNO. The Balaban J connectivity index is 2.81. The summed E-state index contributed by atoms with van der Waals surface area (Å²) < 4.78 is 13.9. The first-order chi connectivity index (χ1) is 7.00. The van der Waals surface area contributed by atoms with Crippen LogP contribution in [-0.2, 0) is 0 Å². The standard InChI is InChI=1S/C11H11BrFNO/c1-7(2)6-14-11(15)9-5-8(12)3-4-10(9)13/h3-5H,1,6H2,2H3,(H,14,15). The van der Waals surface area contributed by atoms with E-state index in [4.69, 9.17) is 0 Å². The molecule has 0 saturated carbocycles. The van der Waals surface area contributed by atoms with E-state index < -0.39 is 11.7 Å². The summed E-state index contributed by atoms with van der Waals surface area (Å²) in [5, 5.41) is 2.57. The first-order valence-electron chi connectivity index (χ1n) is 4.38. The summed E-state index contributed by atoms with van der Waals surface area (Å²) in [5.74, 6) is -0.964. The molecule has 0 radical (unpaired) electrons. The summed E-state index contributed by atoms with van der Waals surface area (Å²) in [7, 11) is 0. The molecule has 1 N–H and O–H groups in total. The van der Waals surface area contributed by atoms with Gasteiger partial charge in [0.25, 0.3) is 5.91 Å². The molecule has 0 atom stereocenters. The summed E-state index contributed by atoms with van der Waals surface area (Å²) in [5.41, 5.74) is 0.851. The van der Waals surface area contributed by atoms with Crippen molar-refractivity contribution in [3.63, 3.8) is 0 Å². The van der Waals surface area contributed by atoms with E-state index in [1.54, 1.807) is 13.0 Å². The van der Waals surface area contributed by atoms with Gasteiger partial charge in [0.2, 0.25) is 0 Å². The molecule has 1 rings (SSSR count). The van der Waals surface area contributed by atoms with E-state index >= 15 is 0 Å². The molecule has 4 heteroatoms. The molecule has 2 nitrogen and oxygen atoms in total. The number of amides is 1. The summed E-state index contributed by atoms with van der Waals surface area (Å²) in [4.78, 5) is 11.5. The van der Waals surface area contributed by atoms with E-state index in [1.165, 1.54) is 12.1 Å². The summed E-state index contributed by atoms with van der Waals surface area (Å²) in [6.07, 6.45) is 0. The van der Waals surface area contributed by atoms with Crippen LogP contribution in [0.25, 0.3) is 0 Å². The van der Waals surface area contributed by atoms with Gasteiger partial charge in [-0.15, -0.1) is 0 Å². The molecule has 15 heavy (non-hydrogen) atoms. The van der Waals surface area contributed by atoms with Crippen molar-refractivity contribution >= 4 is 21.8 Å². The van der Waals surface area contributed by atoms with E-state index in [0.29, 0.717) is 11.0 Å². The Kier molecular flexibility index (Phi) is 4.03. The average molecular weight is 272 g/mol. The molecule has 1 amide bonds. The highest BCUT2D eigenvalue weighted by atomic mass is 79.9. The van der Waals surface area contributed by atoms with Crippen molar-refractivity contribution in [3.05, 3.63) is 46.2 Å². The molecule has 0 aliphatic heterocycles. The van der Waals surface area contributed by atoms with Crippen LogP contribution < -0.4 is 5.32 Å². The van der Waals surface area contributed by atoms with Gasteiger partial charge in [-0.1, -0.05) is 28.1 Å². The molecule has 1 aromatic rings. The van der Waals surface area contributed by atoms with Crippen LogP contribution in [0.3, 0.4) is 0 Å². The maximum Gasteiger partial charge on any atom is 0.254 e. The Morgan fingerprint density at radius 3 is 2.87 bits per heavy atom. The van der Waals surface area contributed by atoms with E-state index in [2.05, 4.69) is 27.8 Å². The topological polar surface area (TPSA) is 29.1 Å². The van der Waals surface area contributed by atoms with E-state index in [9.17, 15) is 9.18 Å². The van der Waals surface area contributed by atoms with Gasteiger partial charge in [0.1, 0.15) is 5.82 Å². The van der Waals surface area contributed by atoms with E-state index in [1.807, 2.05) is 0 Å². The molecule has 0 saturated heterocycles. The van der Waals surface area contributed by atoms with Crippen LogP contribution >= 0.6 is 15.9 Å². The molecule has 0 fully saturated rings. The van der Waals surface area contributed by atoms with Crippen LogP contribution in [0.5, 0.6) is 0 Å². The number of hydrogen-bond acceptors (Lipinski definition) is 1. The van der Waals surface area contributed by atoms with Gasteiger partial charge in [-0.05, 0) is 25.1 Å². The lowest BCUT2D eigenvalue weighted by Crippen LogP contribution is -2.25. The molecule has 0 bridgehead atoms. The molecule has 1 aromatic carbocycles. The zero-order chi connectivity index (χ0) is 11.4. The third-order valence-electron chi connectivity index (χ3n) is 1.72. The van der Waals surface area contributed by atoms with Crippen molar-refractivity contribution in [1.82, 2.24) is 5.32 Å². The molecule has 0 aliphatic carbocycles. The lowest BCUT2D eigenvalue weighted by Gasteiger charge is -2.05. The number of benzene rings is 1. The predicted molar refractivity (Wildman–Crippen MR) is 61.2 cm³/mol. The van der Waals surface area contributed by atoms with Gasteiger partial charge in [-0.25, -0.2) is 4.39 Å². The number of nitrogens with one attached hydrogen (secondary N) is 1. The fourth-order valence-corrected chi connectivity index (χ4v) is 1.36. The Morgan fingerprint density at radius 2 is 2.27 bits per heavy atom. The smallest absolute Gasteiger partial charge is 0.254 e. The van der Waals surface area contributed by atoms with Crippen molar-refractivity contribution < 1.29 is 9.18 Å². The number of halogens is 2. The zero-order valence-corrected chi connectivity index (χ0v) is 9.90. The van der Waals surface area contributed by atoms with Gasteiger partial charge in [-0.2, -0.15) is 0 Å². The molecule has 0 aromatic heterocycles. The number of carbonyl (C=O) groups is 1. The lowest BCUT2D eigenvalue weighted by atomic mass is 10.2. The summed E-state index contributed by atoms with van der Waals surface area (Å²) in [6.45, 7) is 5.78. The second kappa shape index (κ2) is 5.07. The third kappa shape index (κ3) is 3.47. The SMILES string of the molecule is C=C(C)CNC(=O)c1cc(Br)ccc1F. The second-order valence-corrected chi connectivity index (χ2v) is 4.18. The van der Waals surface area contributed by atoms with Crippen LogP contribution in [0, 0.1) is 5.82 Å². The largest absolute Gasteiger partial charge is 0.348 e. The van der Waals surface area contributed by atoms with Crippen LogP contribution in [0.4, 0.5) is 4.39 Å². The Morgan fingerprint density at radius 1 is 1.60 bits per heavy atom. The van der Waals surface area contributed by atoms with Crippen LogP contribution in [-0.4, -0.2) is 12.5 Å². The number of rotatable bonds is 3. The Bertz CT molecular complexity index is 404. The number of carbonyl (C=O) groups excluding carboxylic acids is 1. The molecule has 0 aliphatic rings. The minimum Gasteiger partial charge on any atom is -0.348 e. The van der Waals surface area contributed by atoms with Crippen molar-refractivity contribution in [1.29, 1.82) is 0 Å². The minimum absolute atomic E-state index is 0.0330. The van der Waals surface area contributed by atoms with Crippen LogP contribution in [0.1, 0.15) is 17.3 Å². The van der Waals surface area contributed by atoms with E-state index in [-0.39, 0.29) is 5.56 Å². The third-order valence-corrected chi connectivity index (χ3v) is 2.22. The fourth-order valence-electron chi connectivity index (χ4n) is 0.998. The van der Waals surface area contributed by atoms with Gasteiger partial charge >= 0.3 is 0 Å². The average Bonchev–Trinajstić information content (AvgIpc) is 2.18. The second-order valence-electron chi connectivity index (χ2n) is 3.26. The van der Waals surface area contributed by atoms with Crippen molar-refractivity contribution in [2.75, 3.05) is 6.54 Å². The highest BCUT2D eigenvalue weighted by Gasteiger charge is 2.11. The van der Waals surface area contributed by atoms with Crippen molar-refractivity contribution in [3.8, 4) is 0 Å². The van der Waals surface area contributed by atoms with Crippen LogP contribution in [0.2, 0.25) is 0 Å². The maximum absolute atomic E-state index is 13.2. The molecule has 0 spiro atoms.